The van der Waals surface area contributed by atoms with Crippen LogP contribution in [0.15, 0.2) is 16.6 Å². The normalized spacial score (nSPS) is 12.7. The van der Waals surface area contributed by atoms with Gasteiger partial charge in [-0.3, -0.25) is 0 Å². The third-order valence-corrected chi connectivity index (χ3v) is 4.39. The molecule has 0 aliphatic rings. The minimum absolute atomic E-state index is 0.160. The maximum atomic E-state index is 13.4. The second kappa shape index (κ2) is 9.46. The van der Waals surface area contributed by atoms with E-state index in [-0.39, 0.29) is 10.5 Å². The van der Waals surface area contributed by atoms with Crippen LogP contribution in [-0.2, 0) is 0 Å². The van der Waals surface area contributed by atoms with Crippen LogP contribution in [0.5, 0.6) is 0 Å². The topological polar surface area (TPSA) is 26.0 Å². The van der Waals surface area contributed by atoms with E-state index in [1.54, 1.807) is 6.07 Å². The average Bonchev–Trinajstić information content (AvgIpc) is 2.43. The summed E-state index contributed by atoms with van der Waals surface area (Å²) in [6.07, 6.45) is 9.35. The molecule has 0 radical (unpaired) electrons. The van der Waals surface area contributed by atoms with E-state index in [0.29, 0.717) is 5.56 Å². The molecular weight excluding hydrogens is 324 g/mol. The Bertz CT molecular complexity index is 410. The highest BCUT2D eigenvalue weighted by atomic mass is 79.9. The summed E-state index contributed by atoms with van der Waals surface area (Å²) in [6, 6.07) is 2.46. The van der Waals surface area contributed by atoms with Crippen molar-refractivity contribution in [3.63, 3.8) is 0 Å². The van der Waals surface area contributed by atoms with Crippen molar-refractivity contribution in [2.75, 3.05) is 0 Å². The third kappa shape index (κ3) is 5.49. The molecule has 0 bridgehead atoms. The van der Waals surface area contributed by atoms with Crippen LogP contribution in [0, 0.1) is 11.6 Å². The summed E-state index contributed by atoms with van der Waals surface area (Å²) in [6.45, 7) is 2.21. The minimum Gasteiger partial charge on any atom is -0.324 e. The Hall–Kier alpha value is -0.480. The highest BCUT2D eigenvalue weighted by Gasteiger charge is 2.15. The zero-order chi connectivity index (χ0) is 15.0. The quantitative estimate of drug-likeness (QED) is 0.438. The Morgan fingerprint density at radius 3 is 2.30 bits per heavy atom. The van der Waals surface area contributed by atoms with Gasteiger partial charge in [-0.1, -0.05) is 57.9 Å². The van der Waals surface area contributed by atoms with Gasteiger partial charge in [-0.2, -0.15) is 0 Å². The van der Waals surface area contributed by atoms with Crippen molar-refractivity contribution >= 4 is 15.9 Å². The van der Waals surface area contributed by atoms with Crippen molar-refractivity contribution in [2.45, 2.75) is 64.3 Å². The molecule has 20 heavy (non-hydrogen) atoms. The van der Waals surface area contributed by atoms with E-state index in [1.165, 1.54) is 32.1 Å². The first kappa shape index (κ1) is 17.6. The van der Waals surface area contributed by atoms with Gasteiger partial charge in [-0.25, -0.2) is 8.78 Å². The van der Waals surface area contributed by atoms with Crippen LogP contribution < -0.4 is 5.73 Å². The summed E-state index contributed by atoms with van der Waals surface area (Å²) < 4.78 is 26.6. The van der Waals surface area contributed by atoms with Crippen molar-refractivity contribution in [3.8, 4) is 0 Å². The van der Waals surface area contributed by atoms with E-state index in [4.69, 9.17) is 5.73 Å². The molecule has 0 heterocycles. The number of benzene rings is 1. The molecule has 0 spiro atoms. The second-order valence-corrected chi connectivity index (χ2v) is 6.07. The summed E-state index contributed by atoms with van der Waals surface area (Å²) in [7, 11) is 0. The number of nitrogens with two attached hydrogens (primary N) is 1. The second-order valence-electron chi connectivity index (χ2n) is 5.28. The van der Waals surface area contributed by atoms with Crippen LogP contribution >= 0.6 is 15.9 Å². The van der Waals surface area contributed by atoms with Crippen LogP contribution in [0.4, 0.5) is 8.78 Å². The van der Waals surface area contributed by atoms with Crippen molar-refractivity contribution < 1.29 is 8.78 Å². The Kier molecular flexibility index (Phi) is 8.31. The molecule has 1 aromatic carbocycles. The summed E-state index contributed by atoms with van der Waals surface area (Å²) in [5.74, 6) is -1.69. The standard InChI is InChI=1S/C16H24BrF2N/c1-2-3-4-5-6-7-8-9-14(20)12-10-11-13(18)16(19)15(12)17/h10-11,14H,2-9,20H2,1H3. The van der Waals surface area contributed by atoms with E-state index >= 15 is 0 Å². The fraction of sp³-hybridized carbons (Fsp3) is 0.625. The maximum absolute atomic E-state index is 13.4. The largest absolute Gasteiger partial charge is 0.324 e. The molecule has 0 aliphatic heterocycles. The molecule has 0 aliphatic carbocycles. The van der Waals surface area contributed by atoms with Gasteiger partial charge in [0.15, 0.2) is 11.6 Å². The maximum Gasteiger partial charge on any atom is 0.173 e. The van der Waals surface area contributed by atoms with Gasteiger partial charge in [0.2, 0.25) is 0 Å². The predicted octanol–water partition coefficient (Wildman–Crippen LogP) is 5.87. The summed E-state index contributed by atoms with van der Waals surface area (Å²) in [5.41, 5.74) is 6.71. The molecule has 0 fully saturated rings. The van der Waals surface area contributed by atoms with Gasteiger partial charge in [0.25, 0.3) is 0 Å². The van der Waals surface area contributed by atoms with Gasteiger partial charge in [0, 0.05) is 6.04 Å². The van der Waals surface area contributed by atoms with Crippen molar-refractivity contribution in [1.29, 1.82) is 0 Å². The zero-order valence-corrected chi connectivity index (χ0v) is 13.7. The number of halogens is 3. The van der Waals surface area contributed by atoms with Gasteiger partial charge >= 0.3 is 0 Å². The first-order valence-corrected chi connectivity index (χ1v) is 8.26. The number of unbranched alkanes of at least 4 members (excludes halogenated alkanes) is 6. The van der Waals surface area contributed by atoms with Crippen molar-refractivity contribution in [3.05, 3.63) is 33.8 Å². The van der Waals surface area contributed by atoms with Crippen LogP contribution in [0.2, 0.25) is 0 Å². The Labute approximate surface area is 129 Å². The van der Waals surface area contributed by atoms with Crippen molar-refractivity contribution in [1.82, 2.24) is 0 Å². The van der Waals surface area contributed by atoms with E-state index in [0.717, 1.165) is 25.3 Å². The predicted molar refractivity (Wildman–Crippen MR) is 83.6 cm³/mol. The molecule has 1 atom stereocenters. The van der Waals surface area contributed by atoms with Crippen LogP contribution in [0.25, 0.3) is 0 Å². The van der Waals surface area contributed by atoms with Crippen LogP contribution in [0.3, 0.4) is 0 Å². The molecule has 1 nitrogen and oxygen atoms in total. The summed E-state index contributed by atoms with van der Waals surface area (Å²) >= 11 is 3.09. The summed E-state index contributed by atoms with van der Waals surface area (Å²) in [4.78, 5) is 0. The molecule has 0 saturated heterocycles. The molecule has 2 N–H and O–H groups in total. The monoisotopic (exact) mass is 347 g/mol. The van der Waals surface area contributed by atoms with E-state index in [1.807, 2.05) is 0 Å². The zero-order valence-electron chi connectivity index (χ0n) is 12.1. The molecule has 1 unspecified atom stereocenters. The lowest BCUT2D eigenvalue weighted by molar-refractivity contribution is 0.495. The van der Waals surface area contributed by atoms with Crippen LogP contribution in [-0.4, -0.2) is 0 Å². The highest BCUT2D eigenvalue weighted by Crippen LogP contribution is 2.29. The molecule has 114 valence electrons. The summed E-state index contributed by atoms with van der Waals surface area (Å²) in [5, 5.41) is 0. The first-order valence-electron chi connectivity index (χ1n) is 7.46. The highest BCUT2D eigenvalue weighted by molar-refractivity contribution is 9.10. The smallest absolute Gasteiger partial charge is 0.173 e. The lowest BCUT2D eigenvalue weighted by Gasteiger charge is -2.14. The third-order valence-electron chi connectivity index (χ3n) is 3.58. The average molecular weight is 348 g/mol. The van der Waals surface area contributed by atoms with Gasteiger partial charge in [-0.15, -0.1) is 0 Å². The molecule has 0 aromatic heterocycles. The lowest BCUT2D eigenvalue weighted by atomic mass is 10.00. The number of hydrogen-bond donors (Lipinski definition) is 1. The molecule has 1 rings (SSSR count). The van der Waals surface area contributed by atoms with Gasteiger partial charge in [-0.05, 0) is 34.0 Å². The fourth-order valence-electron chi connectivity index (χ4n) is 2.30. The Morgan fingerprint density at radius 2 is 1.65 bits per heavy atom. The Balaban J connectivity index is 2.33. The van der Waals surface area contributed by atoms with E-state index in [9.17, 15) is 8.78 Å². The van der Waals surface area contributed by atoms with Gasteiger partial charge < -0.3 is 5.73 Å². The van der Waals surface area contributed by atoms with Crippen molar-refractivity contribution in [2.24, 2.45) is 5.73 Å². The van der Waals surface area contributed by atoms with Gasteiger partial charge in [0.1, 0.15) is 0 Å². The lowest BCUT2D eigenvalue weighted by Crippen LogP contribution is -2.12. The van der Waals surface area contributed by atoms with Crippen LogP contribution in [0.1, 0.15) is 69.9 Å². The molecule has 0 amide bonds. The molecule has 4 heteroatoms. The SMILES string of the molecule is CCCCCCCCCC(N)c1ccc(F)c(F)c1Br. The Morgan fingerprint density at radius 1 is 1.05 bits per heavy atom. The van der Waals surface area contributed by atoms with E-state index < -0.39 is 11.6 Å². The number of rotatable bonds is 9. The van der Waals surface area contributed by atoms with Gasteiger partial charge in [0.05, 0.1) is 4.47 Å². The fourth-order valence-corrected chi connectivity index (χ4v) is 2.92. The molecule has 1 aromatic rings. The first-order chi connectivity index (χ1) is 9.57. The molecule has 0 saturated carbocycles. The number of hydrogen-bond acceptors (Lipinski definition) is 1. The van der Waals surface area contributed by atoms with E-state index in [2.05, 4.69) is 22.9 Å². The minimum atomic E-state index is -0.850. The molecular formula is C16H24BrF2N.